The van der Waals surface area contributed by atoms with Gasteiger partial charge in [0.25, 0.3) is 0 Å². The minimum atomic E-state index is -1.30. The highest BCUT2D eigenvalue weighted by Crippen LogP contribution is 2.16. The molecule has 148 valence electrons. The van der Waals surface area contributed by atoms with Gasteiger partial charge in [-0.15, -0.1) is 0 Å². The quantitative estimate of drug-likeness (QED) is 0.740. The lowest BCUT2D eigenvalue weighted by molar-refractivity contribution is -0.150. The van der Waals surface area contributed by atoms with Crippen LogP contribution in [0.15, 0.2) is 30.3 Å². The third-order valence-corrected chi connectivity index (χ3v) is 4.31. The average Bonchev–Trinajstić information content (AvgIpc) is 3.11. The first kappa shape index (κ1) is 20.7. The Morgan fingerprint density at radius 1 is 1.15 bits per heavy atom. The number of carbonyl (C=O) groups is 3. The number of hydrazine groups is 1. The molecule has 1 N–H and O–H groups in total. The van der Waals surface area contributed by atoms with E-state index < -0.39 is 18.2 Å². The summed E-state index contributed by atoms with van der Waals surface area (Å²) >= 11 is 0. The summed E-state index contributed by atoms with van der Waals surface area (Å²) in [5, 5.41) is 12.0. The number of ether oxygens (including phenoxy) is 1. The fourth-order valence-electron chi connectivity index (χ4n) is 2.93. The van der Waals surface area contributed by atoms with Crippen molar-refractivity contribution >= 4 is 18.0 Å². The minimum Gasteiger partial charge on any atom is -0.478 e. The molecule has 1 fully saturated rings. The topological polar surface area (TPSA) is 90.4 Å². The number of rotatable bonds is 8. The Morgan fingerprint density at radius 2 is 1.81 bits per heavy atom. The van der Waals surface area contributed by atoms with Gasteiger partial charge in [-0.05, 0) is 39.0 Å². The molecule has 0 bridgehead atoms. The molecule has 2 rings (SSSR count). The van der Waals surface area contributed by atoms with Crippen LogP contribution < -0.4 is 0 Å². The van der Waals surface area contributed by atoms with E-state index in [1.807, 2.05) is 25.1 Å². The van der Waals surface area contributed by atoms with Crippen LogP contribution in [-0.4, -0.2) is 77.8 Å². The van der Waals surface area contributed by atoms with Crippen molar-refractivity contribution < 1.29 is 24.2 Å². The van der Waals surface area contributed by atoms with Gasteiger partial charge in [0.2, 0.25) is 12.0 Å². The summed E-state index contributed by atoms with van der Waals surface area (Å²) < 4.78 is 5.21. The number of nitrogens with zero attached hydrogens (tertiary/aromatic N) is 3. The third-order valence-electron chi connectivity index (χ3n) is 4.31. The maximum atomic E-state index is 12.5. The molecule has 1 atom stereocenters. The van der Waals surface area contributed by atoms with Crippen molar-refractivity contribution in [3.63, 3.8) is 0 Å². The van der Waals surface area contributed by atoms with Gasteiger partial charge in [-0.1, -0.05) is 30.3 Å². The minimum absolute atomic E-state index is 0.0759. The summed E-state index contributed by atoms with van der Waals surface area (Å²) in [5.41, 5.74) is 0.760. The number of hydrogen-bond acceptors (Lipinski definition) is 5. The number of carbonyl (C=O) groups excluding carboxylic acids is 2. The Kier molecular flexibility index (Phi) is 7.60. The van der Waals surface area contributed by atoms with E-state index in [4.69, 9.17) is 4.74 Å². The van der Waals surface area contributed by atoms with Crippen LogP contribution in [0.2, 0.25) is 0 Å². The molecule has 0 spiro atoms. The molecule has 1 aliphatic heterocycles. The molecule has 1 aromatic carbocycles. The number of aliphatic carboxylic acids is 1. The Bertz CT molecular complexity index is 650. The molecular weight excluding hydrogens is 350 g/mol. The molecule has 2 amide bonds. The van der Waals surface area contributed by atoms with Gasteiger partial charge in [0, 0.05) is 25.9 Å². The fraction of sp³-hybridized carbons (Fsp3) is 0.526. The number of carboxylic acid groups (broad SMARTS) is 1. The lowest BCUT2D eigenvalue weighted by Crippen LogP contribution is -2.47. The second-order valence-corrected chi connectivity index (χ2v) is 6.80. The van der Waals surface area contributed by atoms with Crippen molar-refractivity contribution in [3.05, 3.63) is 35.9 Å². The van der Waals surface area contributed by atoms with Crippen LogP contribution in [0.5, 0.6) is 0 Å². The van der Waals surface area contributed by atoms with Gasteiger partial charge in [-0.3, -0.25) is 4.79 Å². The van der Waals surface area contributed by atoms with Crippen LogP contribution in [0, 0.1) is 0 Å². The smallest absolute Gasteiger partial charge is 0.429 e. The van der Waals surface area contributed by atoms with Crippen LogP contribution in [0.25, 0.3) is 0 Å². The van der Waals surface area contributed by atoms with E-state index in [0.29, 0.717) is 32.4 Å². The fourth-order valence-corrected chi connectivity index (χ4v) is 2.93. The zero-order chi connectivity index (χ0) is 19.8. The highest BCUT2D eigenvalue weighted by atomic mass is 16.6. The van der Waals surface area contributed by atoms with Crippen molar-refractivity contribution in [1.29, 1.82) is 0 Å². The molecule has 1 aliphatic rings. The maximum Gasteiger partial charge on any atom is 0.429 e. The Morgan fingerprint density at radius 3 is 2.44 bits per heavy atom. The molecule has 0 saturated carbocycles. The Hall–Kier alpha value is -2.61. The number of benzene rings is 1. The summed E-state index contributed by atoms with van der Waals surface area (Å²) in [7, 11) is 3.87. The van der Waals surface area contributed by atoms with Gasteiger partial charge in [0.1, 0.15) is 0 Å². The Labute approximate surface area is 159 Å². The van der Waals surface area contributed by atoms with Crippen molar-refractivity contribution in [2.75, 3.05) is 33.7 Å². The van der Waals surface area contributed by atoms with E-state index in [9.17, 15) is 19.5 Å². The van der Waals surface area contributed by atoms with Gasteiger partial charge in [-0.25, -0.2) is 19.6 Å². The summed E-state index contributed by atoms with van der Waals surface area (Å²) in [6.07, 6.45) is -0.356. The molecule has 1 aromatic rings. The van der Waals surface area contributed by atoms with Crippen molar-refractivity contribution in [2.24, 2.45) is 0 Å². The molecule has 1 heterocycles. The molecule has 0 unspecified atom stereocenters. The first-order chi connectivity index (χ1) is 12.9. The SMILES string of the molecule is CN(C)CCCC(=O)N1CCCN1C(=O)O[C@@H](Cc1ccccc1)C(=O)O. The van der Waals surface area contributed by atoms with Crippen molar-refractivity contribution in [2.45, 2.75) is 31.8 Å². The predicted molar refractivity (Wildman–Crippen MR) is 98.9 cm³/mol. The average molecular weight is 377 g/mol. The Balaban J connectivity index is 1.95. The molecule has 0 radical (unpaired) electrons. The predicted octanol–water partition coefficient (Wildman–Crippen LogP) is 1.61. The second-order valence-electron chi connectivity index (χ2n) is 6.80. The van der Waals surface area contributed by atoms with Crippen LogP contribution >= 0.6 is 0 Å². The van der Waals surface area contributed by atoms with E-state index in [-0.39, 0.29) is 12.3 Å². The van der Waals surface area contributed by atoms with Crippen LogP contribution in [-0.2, 0) is 20.7 Å². The van der Waals surface area contributed by atoms with Gasteiger partial charge >= 0.3 is 12.1 Å². The summed E-state index contributed by atoms with van der Waals surface area (Å²) in [4.78, 5) is 38.4. The molecule has 0 aromatic heterocycles. The lowest BCUT2D eigenvalue weighted by atomic mass is 10.1. The van der Waals surface area contributed by atoms with Gasteiger partial charge in [0.05, 0.1) is 0 Å². The summed E-state index contributed by atoms with van der Waals surface area (Å²) in [5.74, 6) is -1.36. The number of amides is 2. The maximum absolute atomic E-state index is 12.5. The highest BCUT2D eigenvalue weighted by Gasteiger charge is 2.34. The summed E-state index contributed by atoms with van der Waals surface area (Å²) in [6.45, 7) is 1.56. The second kappa shape index (κ2) is 9.91. The standard InChI is InChI=1S/C19H27N3O5/c1-20(2)11-6-10-17(23)21-12-7-13-22(21)19(26)27-16(18(24)25)14-15-8-4-3-5-9-15/h3-5,8-9,16H,6-7,10-14H2,1-2H3,(H,24,25)/t16-/m0/s1. The van der Waals surface area contributed by atoms with Crippen LogP contribution in [0.4, 0.5) is 4.79 Å². The number of hydrogen-bond donors (Lipinski definition) is 1. The van der Waals surface area contributed by atoms with Crippen LogP contribution in [0.3, 0.4) is 0 Å². The third kappa shape index (κ3) is 6.25. The zero-order valence-corrected chi connectivity index (χ0v) is 15.8. The largest absolute Gasteiger partial charge is 0.478 e. The van der Waals surface area contributed by atoms with E-state index in [1.165, 1.54) is 10.0 Å². The van der Waals surface area contributed by atoms with E-state index in [0.717, 1.165) is 12.1 Å². The van der Waals surface area contributed by atoms with E-state index in [2.05, 4.69) is 0 Å². The van der Waals surface area contributed by atoms with Crippen molar-refractivity contribution in [1.82, 2.24) is 14.9 Å². The monoisotopic (exact) mass is 377 g/mol. The molecular formula is C19H27N3O5. The highest BCUT2D eigenvalue weighted by molar-refractivity contribution is 5.81. The van der Waals surface area contributed by atoms with Gasteiger partial charge in [0.15, 0.2) is 0 Å². The lowest BCUT2D eigenvalue weighted by Gasteiger charge is -2.28. The van der Waals surface area contributed by atoms with Crippen molar-refractivity contribution in [3.8, 4) is 0 Å². The van der Waals surface area contributed by atoms with Gasteiger partial charge < -0.3 is 14.7 Å². The summed E-state index contributed by atoms with van der Waals surface area (Å²) in [6, 6.07) is 8.98. The molecule has 0 aliphatic carbocycles. The van der Waals surface area contributed by atoms with E-state index >= 15 is 0 Å². The molecule has 27 heavy (non-hydrogen) atoms. The molecule has 8 nitrogen and oxygen atoms in total. The van der Waals surface area contributed by atoms with E-state index in [1.54, 1.807) is 24.3 Å². The van der Waals surface area contributed by atoms with Gasteiger partial charge in [-0.2, -0.15) is 0 Å². The molecule has 8 heteroatoms. The molecule has 1 saturated heterocycles. The zero-order valence-electron chi connectivity index (χ0n) is 15.8. The normalized spacial score (nSPS) is 15.1. The number of carboxylic acids is 1. The first-order valence-corrected chi connectivity index (χ1v) is 9.08. The van der Waals surface area contributed by atoms with Crippen LogP contribution in [0.1, 0.15) is 24.8 Å². The first-order valence-electron chi connectivity index (χ1n) is 9.08.